The normalized spacial score (nSPS) is 12.2. The standard InChI is InChI=1S/C13H15N3O2S/c1-7-6-14-12(15-7)8(2)16-13(18)11-5-4-10(19-11)9(3)17/h4-6,8H,1-3H3,(H,14,15)(H,16,18)/t8-/m1/s1. The summed E-state index contributed by atoms with van der Waals surface area (Å²) in [4.78, 5) is 31.6. The molecule has 0 bridgehead atoms. The summed E-state index contributed by atoms with van der Waals surface area (Å²) in [6, 6.07) is 3.13. The van der Waals surface area contributed by atoms with Gasteiger partial charge in [-0.3, -0.25) is 9.59 Å². The molecule has 5 nitrogen and oxygen atoms in total. The van der Waals surface area contributed by atoms with Crippen LogP contribution in [0.1, 0.15) is 50.8 Å². The van der Waals surface area contributed by atoms with Gasteiger partial charge in [0.05, 0.1) is 15.8 Å². The molecule has 19 heavy (non-hydrogen) atoms. The number of nitrogens with zero attached hydrogens (tertiary/aromatic N) is 1. The minimum Gasteiger partial charge on any atom is -0.344 e. The van der Waals surface area contributed by atoms with Crippen molar-refractivity contribution >= 4 is 23.0 Å². The van der Waals surface area contributed by atoms with Crippen LogP contribution in [0.25, 0.3) is 0 Å². The maximum Gasteiger partial charge on any atom is 0.261 e. The Labute approximate surface area is 115 Å². The number of thiophene rings is 1. The number of H-pyrrole nitrogens is 1. The highest BCUT2D eigenvalue weighted by Crippen LogP contribution is 2.18. The van der Waals surface area contributed by atoms with Crippen molar-refractivity contribution in [2.24, 2.45) is 0 Å². The van der Waals surface area contributed by atoms with Gasteiger partial charge in [0.15, 0.2) is 5.78 Å². The molecule has 0 unspecified atom stereocenters. The Balaban J connectivity index is 2.06. The summed E-state index contributed by atoms with van der Waals surface area (Å²) in [6.07, 6.45) is 1.72. The van der Waals surface area contributed by atoms with Gasteiger partial charge in [0.1, 0.15) is 5.82 Å². The van der Waals surface area contributed by atoms with Crippen LogP contribution < -0.4 is 5.32 Å². The summed E-state index contributed by atoms with van der Waals surface area (Å²) in [5.74, 6) is 0.493. The highest BCUT2D eigenvalue weighted by molar-refractivity contribution is 7.15. The number of Topliss-reactive ketones (excluding diaryl/α,β-unsaturated/α-hetero) is 1. The second-order valence-corrected chi connectivity index (χ2v) is 5.45. The molecule has 2 rings (SSSR count). The van der Waals surface area contributed by atoms with Gasteiger partial charge in [0.25, 0.3) is 5.91 Å². The molecule has 2 aromatic rings. The van der Waals surface area contributed by atoms with Gasteiger partial charge in [-0.05, 0) is 32.9 Å². The molecule has 1 amide bonds. The third-order valence-electron chi connectivity index (χ3n) is 2.66. The second-order valence-electron chi connectivity index (χ2n) is 4.37. The van der Waals surface area contributed by atoms with Crippen LogP contribution in [0, 0.1) is 6.92 Å². The first-order valence-corrected chi connectivity index (χ1v) is 6.72. The van der Waals surface area contributed by atoms with E-state index in [9.17, 15) is 9.59 Å². The van der Waals surface area contributed by atoms with Gasteiger partial charge < -0.3 is 10.3 Å². The molecule has 2 N–H and O–H groups in total. The minimum atomic E-state index is -0.205. The van der Waals surface area contributed by atoms with E-state index in [0.29, 0.717) is 15.6 Å². The number of aryl methyl sites for hydroxylation is 1. The maximum absolute atomic E-state index is 12.0. The SMILES string of the molecule is CC(=O)c1ccc(C(=O)N[C@H](C)c2ncc(C)[nH]2)s1. The zero-order valence-corrected chi connectivity index (χ0v) is 11.8. The van der Waals surface area contributed by atoms with Crippen LogP contribution in [0.2, 0.25) is 0 Å². The summed E-state index contributed by atoms with van der Waals surface area (Å²) in [6.45, 7) is 5.25. The number of hydrogen-bond acceptors (Lipinski definition) is 4. The number of imidazole rings is 1. The lowest BCUT2D eigenvalue weighted by Gasteiger charge is -2.10. The van der Waals surface area contributed by atoms with Crippen LogP contribution in [0.3, 0.4) is 0 Å². The lowest BCUT2D eigenvalue weighted by Crippen LogP contribution is -2.26. The van der Waals surface area contributed by atoms with Crippen LogP contribution in [-0.4, -0.2) is 21.7 Å². The molecule has 0 aliphatic carbocycles. The first-order valence-electron chi connectivity index (χ1n) is 5.90. The molecular weight excluding hydrogens is 262 g/mol. The Morgan fingerprint density at radius 2 is 2.05 bits per heavy atom. The summed E-state index contributed by atoms with van der Waals surface area (Å²) >= 11 is 1.20. The van der Waals surface area contributed by atoms with Crippen LogP contribution in [0.15, 0.2) is 18.3 Å². The zero-order chi connectivity index (χ0) is 14.0. The fraction of sp³-hybridized carbons (Fsp3) is 0.308. The molecule has 0 spiro atoms. The van der Waals surface area contributed by atoms with Crippen molar-refractivity contribution in [2.45, 2.75) is 26.8 Å². The number of rotatable bonds is 4. The Morgan fingerprint density at radius 1 is 1.37 bits per heavy atom. The minimum absolute atomic E-state index is 0.0289. The molecule has 0 aliphatic heterocycles. The van der Waals surface area contributed by atoms with E-state index in [0.717, 1.165) is 5.69 Å². The largest absolute Gasteiger partial charge is 0.344 e. The van der Waals surface area contributed by atoms with Gasteiger partial charge in [0, 0.05) is 11.9 Å². The molecule has 0 fully saturated rings. The average molecular weight is 277 g/mol. The third-order valence-corrected chi connectivity index (χ3v) is 3.84. The number of carbonyl (C=O) groups is 2. The van der Waals surface area contributed by atoms with Crippen LogP contribution in [0.5, 0.6) is 0 Å². The fourth-order valence-electron chi connectivity index (χ4n) is 1.64. The van der Waals surface area contributed by atoms with Crippen LogP contribution in [-0.2, 0) is 0 Å². The number of hydrogen-bond donors (Lipinski definition) is 2. The summed E-state index contributed by atoms with van der Waals surface area (Å²) in [7, 11) is 0. The Morgan fingerprint density at radius 3 is 2.58 bits per heavy atom. The molecule has 6 heteroatoms. The molecule has 2 aromatic heterocycles. The number of ketones is 1. The van der Waals surface area contributed by atoms with Crippen molar-refractivity contribution in [3.05, 3.63) is 39.6 Å². The number of carbonyl (C=O) groups excluding carboxylic acids is 2. The highest BCUT2D eigenvalue weighted by atomic mass is 32.1. The monoisotopic (exact) mass is 277 g/mol. The molecule has 0 aromatic carbocycles. The smallest absolute Gasteiger partial charge is 0.261 e. The van der Waals surface area contributed by atoms with Crippen molar-refractivity contribution in [3.63, 3.8) is 0 Å². The van der Waals surface area contributed by atoms with Crippen molar-refractivity contribution in [1.29, 1.82) is 0 Å². The summed E-state index contributed by atoms with van der Waals surface area (Å²) in [5, 5.41) is 2.84. The lowest BCUT2D eigenvalue weighted by atomic mass is 10.3. The van der Waals surface area contributed by atoms with E-state index in [1.807, 2.05) is 13.8 Å². The molecule has 0 aliphatic rings. The van der Waals surface area contributed by atoms with E-state index >= 15 is 0 Å². The quantitative estimate of drug-likeness (QED) is 0.843. The first-order chi connectivity index (χ1) is 8.97. The van der Waals surface area contributed by atoms with Gasteiger partial charge in [-0.1, -0.05) is 0 Å². The zero-order valence-electron chi connectivity index (χ0n) is 11.0. The van der Waals surface area contributed by atoms with Crippen molar-refractivity contribution in [3.8, 4) is 0 Å². The predicted octanol–water partition coefficient (Wildman–Crippen LogP) is 2.47. The molecule has 0 saturated carbocycles. The molecule has 2 heterocycles. The second kappa shape index (κ2) is 5.36. The molecule has 0 saturated heterocycles. The Bertz CT molecular complexity index is 615. The van der Waals surface area contributed by atoms with Gasteiger partial charge in [-0.15, -0.1) is 11.3 Å². The average Bonchev–Trinajstić information content (AvgIpc) is 2.96. The topological polar surface area (TPSA) is 74.8 Å². The van der Waals surface area contributed by atoms with E-state index in [4.69, 9.17) is 0 Å². The van der Waals surface area contributed by atoms with E-state index in [2.05, 4.69) is 15.3 Å². The number of nitrogens with one attached hydrogen (secondary N) is 2. The van der Waals surface area contributed by atoms with Crippen LogP contribution >= 0.6 is 11.3 Å². The van der Waals surface area contributed by atoms with E-state index in [-0.39, 0.29) is 17.7 Å². The van der Waals surface area contributed by atoms with E-state index in [1.165, 1.54) is 18.3 Å². The maximum atomic E-state index is 12.0. The number of amides is 1. The number of aromatic nitrogens is 2. The third kappa shape index (κ3) is 3.08. The molecule has 0 radical (unpaired) electrons. The van der Waals surface area contributed by atoms with Gasteiger partial charge in [-0.2, -0.15) is 0 Å². The highest BCUT2D eigenvalue weighted by Gasteiger charge is 2.16. The summed E-state index contributed by atoms with van der Waals surface area (Å²) in [5.41, 5.74) is 0.950. The van der Waals surface area contributed by atoms with Crippen LogP contribution in [0.4, 0.5) is 0 Å². The molecular formula is C13H15N3O2S. The molecule has 100 valence electrons. The van der Waals surface area contributed by atoms with Crippen molar-refractivity contribution in [1.82, 2.24) is 15.3 Å². The van der Waals surface area contributed by atoms with Crippen molar-refractivity contribution in [2.75, 3.05) is 0 Å². The summed E-state index contributed by atoms with van der Waals surface area (Å²) < 4.78 is 0. The van der Waals surface area contributed by atoms with Gasteiger partial charge in [0.2, 0.25) is 0 Å². The predicted molar refractivity (Wildman–Crippen MR) is 73.5 cm³/mol. The van der Waals surface area contributed by atoms with Crippen molar-refractivity contribution < 1.29 is 9.59 Å². The number of aromatic amines is 1. The lowest BCUT2D eigenvalue weighted by molar-refractivity contribution is 0.0942. The van der Waals surface area contributed by atoms with Gasteiger partial charge in [-0.25, -0.2) is 4.98 Å². The Hall–Kier alpha value is -1.95. The Kier molecular flexibility index (Phi) is 3.80. The fourth-order valence-corrected chi connectivity index (χ4v) is 2.44. The molecule has 1 atom stereocenters. The van der Waals surface area contributed by atoms with E-state index < -0.39 is 0 Å². The first kappa shape index (κ1) is 13.5. The van der Waals surface area contributed by atoms with Gasteiger partial charge >= 0.3 is 0 Å². The van der Waals surface area contributed by atoms with E-state index in [1.54, 1.807) is 18.3 Å².